The maximum absolute atomic E-state index is 12.3. The van der Waals surface area contributed by atoms with Gasteiger partial charge >= 0.3 is 0 Å². The van der Waals surface area contributed by atoms with Crippen LogP contribution < -0.4 is 4.72 Å². The normalized spacial score (nSPS) is 11.1. The van der Waals surface area contributed by atoms with Gasteiger partial charge in [0.1, 0.15) is 5.82 Å². The standard InChI is InChI=1S/C11H7Br2N3O4S/c12-7-1-3-9(16(17)18)10(5-7)21(19,20)15-11-4-2-8(13)6-14-11/h1-6H,(H,14,15). The van der Waals surface area contributed by atoms with Gasteiger partial charge in [-0.25, -0.2) is 13.4 Å². The first-order valence-electron chi connectivity index (χ1n) is 5.38. The lowest BCUT2D eigenvalue weighted by molar-refractivity contribution is -0.387. The molecule has 1 N–H and O–H groups in total. The fourth-order valence-corrected chi connectivity index (χ4v) is 3.44. The molecule has 0 atom stereocenters. The summed E-state index contributed by atoms with van der Waals surface area (Å²) in [6, 6.07) is 6.72. The second-order valence-electron chi connectivity index (χ2n) is 3.84. The van der Waals surface area contributed by atoms with Crippen molar-refractivity contribution in [1.82, 2.24) is 4.98 Å². The number of anilines is 1. The van der Waals surface area contributed by atoms with Gasteiger partial charge in [-0.2, -0.15) is 0 Å². The molecular formula is C11H7Br2N3O4S. The average molecular weight is 437 g/mol. The topological polar surface area (TPSA) is 102 Å². The molecule has 1 aromatic heterocycles. The third-order valence-electron chi connectivity index (χ3n) is 2.37. The van der Waals surface area contributed by atoms with Crippen LogP contribution in [0.25, 0.3) is 0 Å². The lowest BCUT2D eigenvalue weighted by Gasteiger charge is -2.08. The summed E-state index contributed by atoms with van der Waals surface area (Å²) in [4.78, 5) is 13.6. The molecule has 110 valence electrons. The molecule has 2 rings (SSSR count). The lowest BCUT2D eigenvalue weighted by Crippen LogP contribution is -2.15. The van der Waals surface area contributed by atoms with E-state index in [-0.39, 0.29) is 5.82 Å². The number of rotatable bonds is 4. The van der Waals surface area contributed by atoms with Gasteiger partial charge in [-0.05, 0) is 40.2 Å². The molecule has 0 bridgehead atoms. The number of hydrogen-bond acceptors (Lipinski definition) is 5. The van der Waals surface area contributed by atoms with Crippen LogP contribution in [0.15, 0.2) is 50.4 Å². The Morgan fingerprint density at radius 2 is 1.81 bits per heavy atom. The highest BCUT2D eigenvalue weighted by Gasteiger charge is 2.26. The maximum atomic E-state index is 12.3. The number of aromatic nitrogens is 1. The van der Waals surface area contributed by atoms with E-state index in [0.717, 1.165) is 6.07 Å². The predicted octanol–water partition coefficient (Wildman–Crippen LogP) is 3.32. The molecule has 7 nitrogen and oxygen atoms in total. The summed E-state index contributed by atoms with van der Waals surface area (Å²) in [5.74, 6) is 0.0625. The van der Waals surface area contributed by atoms with E-state index in [2.05, 4.69) is 41.6 Å². The maximum Gasteiger partial charge on any atom is 0.289 e. The Morgan fingerprint density at radius 3 is 2.38 bits per heavy atom. The zero-order chi connectivity index (χ0) is 15.6. The van der Waals surface area contributed by atoms with Gasteiger partial charge in [-0.3, -0.25) is 14.8 Å². The Bertz CT molecular complexity index is 794. The summed E-state index contributed by atoms with van der Waals surface area (Å²) >= 11 is 6.27. The van der Waals surface area contributed by atoms with E-state index in [1.165, 1.54) is 24.4 Å². The average Bonchev–Trinajstić information content (AvgIpc) is 2.41. The third kappa shape index (κ3) is 3.77. The largest absolute Gasteiger partial charge is 0.289 e. The molecule has 0 aliphatic heterocycles. The van der Waals surface area contributed by atoms with Crippen molar-refractivity contribution in [3.8, 4) is 0 Å². The fourth-order valence-electron chi connectivity index (χ4n) is 1.48. The number of nitro groups is 1. The van der Waals surface area contributed by atoms with Gasteiger partial charge in [-0.1, -0.05) is 15.9 Å². The molecule has 1 heterocycles. The monoisotopic (exact) mass is 435 g/mol. The molecule has 1 aromatic carbocycles. The first-order valence-corrected chi connectivity index (χ1v) is 8.45. The molecule has 0 aliphatic rings. The second kappa shape index (κ2) is 6.08. The highest BCUT2D eigenvalue weighted by molar-refractivity contribution is 9.10. The van der Waals surface area contributed by atoms with Crippen LogP contribution in [0.1, 0.15) is 0 Å². The van der Waals surface area contributed by atoms with Crippen molar-refractivity contribution in [2.24, 2.45) is 0 Å². The van der Waals surface area contributed by atoms with E-state index in [1.807, 2.05) is 0 Å². The summed E-state index contributed by atoms with van der Waals surface area (Å²) in [6.45, 7) is 0. The molecule has 0 radical (unpaired) electrons. The Morgan fingerprint density at radius 1 is 1.14 bits per heavy atom. The van der Waals surface area contributed by atoms with Gasteiger partial charge < -0.3 is 0 Å². The van der Waals surface area contributed by atoms with E-state index >= 15 is 0 Å². The zero-order valence-corrected chi connectivity index (χ0v) is 14.1. The molecule has 0 spiro atoms. The van der Waals surface area contributed by atoms with Crippen LogP contribution in [-0.2, 0) is 10.0 Å². The Kier molecular flexibility index (Phi) is 4.59. The number of nitrogens with one attached hydrogen (secondary N) is 1. The van der Waals surface area contributed by atoms with Crippen molar-refractivity contribution >= 4 is 53.4 Å². The molecule has 0 amide bonds. The van der Waals surface area contributed by atoms with E-state index < -0.39 is 25.5 Å². The minimum atomic E-state index is -4.12. The van der Waals surface area contributed by atoms with Crippen LogP contribution in [0.5, 0.6) is 0 Å². The second-order valence-corrected chi connectivity index (χ2v) is 7.32. The van der Waals surface area contributed by atoms with Crippen molar-refractivity contribution in [3.05, 3.63) is 55.6 Å². The van der Waals surface area contributed by atoms with Crippen LogP contribution in [-0.4, -0.2) is 18.3 Å². The van der Waals surface area contributed by atoms with Gasteiger partial charge in [0.05, 0.1) is 4.92 Å². The third-order valence-corrected chi connectivity index (χ3v) is 4.72. The van der Waals surface area contributed by atoms with E-state index in [9.17, 15) is 18.5 Å². The van der Waals surface area contributed by atoms with E-state index in [0.29, 0.717) is 8.95 Å². The summed E-state index contributed by atoms with van der Waals surface area (Å²) in [5.41, 5.74) is -0.511. The number of nitro benzene ring substituents is 1. The predicted molar refractivity (Wildman–Crippen MR) is 83.5 cm³/mol. The first kappa shape index (κ1) is 15.9. The van der Waals surface area contributed by atoms with Gasteiger partial charge in [-0.15, -0.1) is 0 Å². The van der Waals surface area contributed by atoms with Crippen molar-refractivity contribution in [2.75, 3.05) is 4.72 Å². The van der Waals surface area contributed by atoms with E-state index in [1.54, 1.807) is 6.07 Å². The number of sulfonamides is 1. The first-order chi connectivity index (χ1) is 9.79. The number of halogens is 2. The highest BCUT2D eigenvalue weighted by Crippen LogP contribution is 2.28. The van der Waals surface area contributed by atoms with Gasteiger partial charge in [0.25, 0.3) is 15.7 Å². The van der Waals surface area contributed by atoms with Crippen molar-refractivity contribution in [1.29, 1.82) is 0 Å². The summed E-state index contributed by atoms with van der Waals surface area (Å²) in [6.07, 6.45) is 1.41. The Balaban J connectivity index is 2.46. The quantitative estimate of drug-likeness (QED) is 0.584. The molecular weight excluding hydrogens is 430 g/mol. The van der Waals surface area contributed by atoms with E-state index in [4.69, 9.17) is 0 Å². The molecule has 0 saturated carbocycles. The van der Waals surface area contributed by atoms with Gasteiger partial charge in [0.15, 0.2) is 4.90 Å². The number of pyridine rings is 1. The number of hydrogen-bond donors (Lipinski definition) is 1. The zero-order valence-electron chi connectivity index (χ0n) is 10.2. The number of benzene rings is 1. The molecule has 0 unspecified atom stereocenters. The van der Waals surface area contributed by atoms with Gasteiger partial charge in [0, 0.05) is 21.2 Å². The molecule has 21 heavy (non-hydrogen) atoms. The summed E-state index contributed by atoms with van der Waals surface area (Å²) in [7, 11) is -4.12. The van der Waals surface area contributed by atoms with Crippen molar-refractivity contribution in [3.63, 3.8) is 0 Å². The molecule has 2 aromatic rings. The minimum Gasteiger partial charge on any atom is -0.263 e. The summed E-state index contributed by atoms with van der Waals surface area (Å²) < 4.78 is 27.8. The molecule has 0 aliphatic carbocycles. The molecule has 0 saturated heterocycles. The van der Waals surface area contributed by atoms with Crippen molar-refractivity contribution < 1.29 is 13.3 Å². The van der Waals surface area contributed by atoms with Crippen LogP contribution in [0.3, 0.4) is 0 Å². The van der Waals surface area contributed by atoms with Crippen LogP contribution in [0.4, 0.5) is 11.5 Å². The fraction of sp³-hybridized carbons (Fsp3) is 0. The molecule has 0 fully saturated rings. The van der Waals surface area contributed by atoms with Crippen LogP contribution in [0.2, 0.25) is 0 Å². The highest BCUT2D eigenvalue weighted by atomic mass is 79.9. The van der Waals surface area contributed by atoms with Crippen LogP contribution in [0, 0.1) is 10.1 Å². The van der Waals surface area contributed by atoms with Crippen molar-refractivity contribution in [2.45, 2.75) is 4.90 Å². The molecule has 10 heteroatoms. The Labute approximate surface area is 136 Å². The minimum absolute atomic E-state index is 0.0625. The van der Waals surface area contributed by atoms with Crippen LogP contribution >= 0.6 is 31.9 Å². The number of nitrogens with zero attached hydrogens (tertiary/aromatic N) is 2. The lowest BCUT2D eigenvalue weighted by atomic mass is 10.3. The SMILES string of the molecule is O=[N+]([O-])c1ccc(Br)cc1S(=O)(=O)Nc1ccc(Br)cn1. The smallest absolute Gasteiger partial charge is 0.263 e. The Hall–Kier alpha value is -1.52. The van der Waals surface area contributed by atoms with Gasteiger partial charge in [0.2, 0.25) is 0 Å². The summed E-state index contributed by atoms with van der Waals surface area (Å²) in [5, 5.41) is 11.0.